The van der Waals surface area contributed by atoms with E-state index in [1.165, 1.54) is 12.8 Å². The van der Waals surface area contributed by atoms with Crippen LogP contribution < -0.4 is 14.8 Å². The lowest BCUT2D eigenvalue weighted by Gasteiger charge is -2.56. The molecule has 1 N–H and O–H groups in total. The molecule has 2 saturated carbocycles. The highest BCUT2D eigenvalue weighted by molar-refractivity contribution is 5.90. The Hall–Kier alpha value is -1.95. The second-order valence-electron chi connectivity index (χ2n) is 8.44. The largest absolute Gasteiger partial charge is 0.449 e. The Morgan fingerprint density at radius 2 is 1.96 bits per heavy atom. The van der Waals surface area contributed by atoms with Crippen molar-refractivity contribution in [1.82, 2.24) is 4.90 Å². The number of hydrogen-bond acceptors (Lipinski definition) is 4. The molecular formula is C21H30N2O4. The summed E-state index contributed by atoms with van der Waals surface area (Å²) >= 11 is 0. The predicted octanol–water partition coefficient (Wildman–Crippen LogP) is 4.40. The van der Waals surface area contributed by atoms with Gasteiger partial charge in [0.1, 0.15) is 0 Å². The van der Waals surface area contributed by atoms with Crippen LogP contribution in [0.5, 0.6) is 11.5 Å². The van der Waals surface area contributed by atoms with E-state index >= 15 is 0 Å². The number of hydrogen-bond donors (Lipinski definition) is 1. The quantitative estimate of drug-likeness (QED) is 0.849. The Kier molecular flexibility index (Phi) is 4.49. The van der Waals surface area contributed by atoms with Crippen LogP contribution in [-0.4, -0.2) is 42.5 Å². The van der Waals surface area contributed by atoms with Gasteiger partial charge in [-0.25, -0.2) is 4.79 Å². The molecule has 27 heavy (non-hydrogen) atoms. The number of amides is 2. The lowest BCUT2D eigenvalue weighted by Crippen LogP contribution is -2.64. The van der Waals surface area contributed by atoms with E-state index in [0.29, 0.717) is 17.2 Å². The molecule has 4 rings (SSSR count). The van der Waals surface area contributed by atoms with Crippen molar-refractivity contribution in [3.05, 3.63) is 18.2 Å². The SMILES string of the molecule is CCO[C@@H]1C[C@@H](N(C)C(=O)Nc2ccc3c(c2)OC(C)(C)O3)C12CCCC2. The molecule has 2 aliphatic carbocycles. The lowest BCUT2D eigenvalue weighted by molar-refractivity contribution is -0.150. The fourth-order valence-corrected chi connectivity index (χ4v) is 5.05. The van der Waals surface area contributed by atoms with Crippen LogP contribution in [-0.2, 0) is 4.74 Å². The van der Waals surface area contributed by atoms with Gasteiger partial charge in [-0.05, 0) is 38.3 Å². The molecule has 2 atom stereocenters. The van der Waals surface area contributed by atoms with Crippen LogP contribution in [0.25, 0.3) is 0 Å². The first-order chi connectivity index (χ1) is 12.8. The zero-order chi connectivity index (χ0) is 19.2. The molecule has 0 unspecified atom stereocenters. The number of fused-ring (bicyclic) bond motifs is 1. The van der Waals surface area contributed by atoms with Gasteiger partial charge in [-0.3, -0.25) is 0 Å². The van der Waals surface area contributed by atoms with Crippen LogP contribution in [0.15, 0.2) is 18.2 Å². The predicted molar refractivity (Wildman–Crippen MR) is 103 cm³/mol. The van der Waals surface area contributed by atoms with Crippen molar-refractivity contribution in [2.24, 2.45) is 5.41 Å². The van der Waals surface area contributed by atoms with Crippen molar-refractivity contribution in [1.29, 1.82) is 0 Å². The molecule has 6 heteroatoms. The standard InChI is InChI=1S/C21H30N2O4/c1-5-25-18-13-17(21(18)10-6-7-11-21)23(4)19(24)22-14-8-9-15-16(12-14)27-20(2,3)26-15/h8-9,12,17-18H,5-7,10-11,13H2,1-4H3,(H,22,24)/t17-,18-/m1/s1. The van der Waals surface area contributed by atoms with Crippen molar-refractivity contribution in [3.8, 4) is 11.5 Å². The topological polar surface area (TPSA) is 60.0 Å². The molecule has 3 aliphatic rings. The van der Waals surface area contributed by atoms with E-state index in [-0.39, 0.29) is 23.6 Å². The minimum Gasteiger partial charge on any atom is -0.449 e. The molecule has 2 fully saturated rings. The van der Waals surface area contributed by atoms with Crippen LogP contribution in [0.1, 0.15) is 52.9 Å². The van der Waals surface area contributed by atoms with Gasteiger partial charge in [-0.2, -0.15) is 0 Å². The molecule has 1 aromatic carbocycles. The van der Waals surface area contributed by atoms with Crippen LogP contribution >= 0.6 is 0 Å². The highest BCUT2D eigenvalue weighted by atomic mass is 16.7. The van der Waals surface area contributed by atoms with Crippen molar-refractivity contribution in [2.45, 2.75) is 70.8 Å². The zero-order valence-electron chi connectivity index (χ0n) is 16.7. The third-order valence-electron chi connectivity index (χ3n) is 6.34. The third kappa shape index (κ3) is 3.14. The number of nitrogens with one attached hydrogen (secondary N) is 1. The summed E-state index contributed by atoms with van der Waals surface area (Å²) in [5.74, 6) is 0.694. The van der Waals surface area contributed by atoms with Gasteiger partial charge in [0.15, 0.2) is 11.5 Å². The molecule has 0 aromatic heterocycles. The van der Waals surface area contributed by atoms with Crippen LogP contribution in [0.2, 0.25) is 0 Å². The summed E-state index contributed by atoms with van der Waals surface area (Å²) in [4.78, 5) is 14.8. The summed E-state index contributed by atoms with van der Waals surface area (Å²) in [6, 6.07) is 5.67. The van der Waals surface area contributed by atoms with Crippen molar-refractivity contribution in [2.75, 3.05) is 19.0 Å². The number of carbonyl (C=O) groups excluding carboxylic acids is 1. The number of urea groups is 1. The van der Waals surface area contributed by atoms with Crippen molar-refractivity contribution in [3.63, 3.8) is 0 Å². The minimum atomic E-state index is -0.670. The molecule has 1 spiro atoms. The van der Waals surface area contributed by atoms with E-state index in [4.69, 9.17) is 14.2 Å². The normalized spacial score (nSPS) is 26.7. The Labute approximate surface area is 161 Å². The van der Waals surface area contributed by atoms with Crippen LogP contribution in [0, 0.1) is 5.41 Å². The molecule has 1 heterocycles. The van der Waals surface area contributed by atoms with Crippen LogP contribution in [0.4, 0.5) is 10.5 Å². The number of anilines is 1. The maximum absolute atomic E-state index is 12.9. The first kappa shape index (κ1) is 18.4. The average molecular weight is 374 g/mol. The summed E-state index contributed by atoms with van der Waals surface area (Å²) in [5, 5.41) is 3.01. The Morgan fingerprint density at radius 3 is 2.67 bits per heavy atom. The maximum Gasteiger partial charge on any atom is 0.321 e. The van der Waals surface area contributed by atoms with Crippen LogP contribution in [0.3, 0.4) is 0 Å². The van der Waals surface area contributed by atoms with Gasteiger partial charge < -0.3 is 24.4 Å². The molecule has 1 aliphatic heterocycles. The number of carbonyl (C=O) groups is 1. The zero-order valence-corrected chi connectivity index (χ0v) is 16.7. The van der Waals surface area contributed by atoms with Gasteiger partial charge in [-0.15, -0.1) is 0 Å². The molecule has 0 saturated heterocycles. The van der Waals surface area contributed by atoms with E-state index in [2.05, 4.69) is 5.32 Å². The molecule has 1 aromatic rings. The number of benzene rings is 1. The van der Waals surface area contributed by atoms with E-state index in [1.807, 2.05) is 50.9 Å². The molecular weight excluding hydrogens is 344 g/mol. The molecule has 0 radical (unpaired) electrons. The summed E-state index contributed by atoms with van der Waals surface area (Å²) in [6.07, 6.45) is 5.98. The fourth-order valence-electron chi connectivity index (χ4n) is 5.05. The summed E-state index contributed by atoms with van der Waals surface area (Å²) in [6.45, 7) is 6.52. The summed E-state index contributed by atoms with van der Waals surface area (Å²) in [5.41, 5.74) is 0.856. The summed E-state index contributed by atoms with van der Waals surface area (Å²) < 4.78 is 17.5. The minimum absolute atomic E-state index is 0.0839. The maximum atomic E-state index is 12.9. The van der Waals surface area contributed by atoms with Gasteiger partial charge >= 0.3 is 6.03 Å². The second kappa shape index (κ2) is 6.59. The van der Waals surface area contributed by atoms with E-state index in [9.17, 15) is 4.79 Å². The lowest BCUT2D eigenvalue weighted by atomic mass is 9.60. The van der Waals surface area contributed by atoms with Gasteiger partial charge in [0.25, 0.3) is 0 Å². The van der Waals surface area contributed by atoms with Gasteiger partial charge in [0.05, 0.1) is 6.10 Å². The first-order valence-electron chi connectivity index (χ1n) is 10.0. The second-order valence-corrected chi connectivity index (χ2v) is 8.44. The van der Waals surface area contributed by atoms with E-state index in [0.717, 1.165) is 25.9 Å². The Balaban J connectivity index is 1.43. The number of rotatable bonds is 4. The molecule has 0 bridgehead atoms. The number of nitrogens with zero attached hydrogens (tertiary/aromatic N) is 1. The van der Waals surface area contributed by atoms with E-state index in [1.54, 1.807) is 0 Å². The van der Waals surface area contributed by atoms with Gasteiger partial charge in [-0.1, -0.05) is 12.8 Å². The van der Waals surface area contributed by atoms with Crippen molar-refractivity contribution >= 4 is 11.7 Å². The fraction of sp³-hybridized carbons (Fsp3) is 0.667. The van der Waals surface area contributed by atoms with Crippen molar-refractivity contribution < 1.29 is 19.0 Å². The van der Waals surface area contributed by atoms with Gasteiger partial charge in [0.2, 0.25) is 5.79 Å². The highest BCUT2D eigenvalue weighted by Gasteiger charge is 2.58. The Bertz CT molecular complexity index is 727. The Morgan fingerprint density at radius 1 is 1.26 bits per heavy atom. The van der Waals surface area contributed by atoms with Gasteiger partial charge in [0, 0.05) is 50.7 Å². The molecule has 2 amide bonds. The smallest absolute Gasteiger partial charge is 0.321 e. The highest BCUT2D eigenvalue weighted by Crippen LogP contribution is 2.56. The molecule has 6 nitrogen and oxygen atoms in total. The average Bonchev–Trinajstić information content (AvgIpc) is 3.22. The number of ether oxygens (including phenoxy) is 3. The summed E-state index contributed by atoms with van der Waals surface area (Å²) in [7, 11) is 1.90. The first-order valence-corrected chi connectivity index (χ1v) is 10.0. The third-order valence-corrected chi connectivity index (χ3v) is 6.34. The van der Waals surface area contributed by atoms with E-state index < -0.39 is 5.79 Å². The monoisotopic (exact) mass is 374 g/mol. The molecule has 148 valence electrons.